The van der Waals surface area contributed by atoms with E-state index in [1.165, 1.54) is 23.6 Å². The summed E-state index contributed by atoms with van der Waals surface area (Å²) in [6.07, 6.45) is 2.39. The molecule has 0 amide bonds. The molecular weight excluding hydrogens is 352 g/mol. The molecule has 0 aliphatic carbocycles. The van der Waals surface area contributed by atoms with Crippen LogP contribution in [0.15, 0.2) is 64.0 Å². The zero-order chi connectivity index (χ0) is 19.3. The van der Waals surface area contributed by atoms with Gasteiger partial charge in [-0.2, -0.15) is 0 Å². The summed E-state index contributed by atoms with van der Waals surface area (Å²) >= 11 is 0. The van der Waals surface area contributed by atoms with Crippen LogP contribution in [0.3, 0.4) is 0 Å². The second kappa shape index (κ2) is 8.48. The van der Waals surface area contributed by atoms with Gasteiger partial charge in [0.15, 0.2) is 5.43 Å². The number of hydrogen-bond acceptors (Lipinski definition) is 5. The fourth-order valence-electron chi connectivity index (χ4n) is 3.68. The van der Waals surface area contributed by atoms with Crippen LogP contribution in [0.2, 0.25) is 0 Å². The summed E-state index contributed by atoms with van der Waals surface area (Å²) in [7, 11) is 0. The summed E-state index contributed by atoms with van der Waals surface area (Å²) in [6.45, 7) is 8.11. The largest absolute Gasteiger partial charge is 0.493 e. The summed E-state index contributed by atoms with van der Waals surface area (Å²) in [6, 6.07) is 15.5. The van der Waals surface area contributed by atoms with Crippen LogP contribution in [0.1, 0.15) is 12.0 Å². The van der Waals surface area contributed by atoms with Gasteiger partial charge in [-0.3, -0.25) is 9.69 Å². The molecule has 2 aromatic carbocycles. The van der Waals surface area contributed by atoms with Crippen LogP contribution >= 0.6 is 0 Å². The lowest BCUT2D eigenvalue weighted by molar-refractivity contribution is 0.225. The van der Waals surface area contributed by atoms with E-state index in [0.29, 0.717) is 17.6 Å². The van der Waals surface area contributed by atoms with Gasteiger partial charge in [-0.05, 0) is 43.2 Å². The molecule has 0 bridgehead atoms. The number of aryl methyl sites for hydroxylation is 1. The van der Waals surface area contributed by atoms with E-state index < -0.39 is 0 Å². The van der Waals surface area contributed by atoms with Crippen molar-refractivity contribution >= 4 is 16.7 Å². The van der Waals surface area contributed by atoms with Crippen LogP contribution in [0.4, 0.5) is 5.69 Å². The minimum Gasteiger partial charge on any atom is -0.493 e. The second-order valence-corrected chi connectivity index (χ2v) is 7.31. The van der Waals surface area contributed by atoms with Crippen molar-refractivity contribution in [3.05, 3.63) is 70.6 Å². The molecule has 0 unspecified atom stereocenters. The van der Waals surface area contributed by atoms with Crippen molar-refractivity contribution in [2.24, 2.45) is 0 Å². The van der Waals surface area contributed by atoms with Crippen LogP contribution < -0.4 is 15.1 Å². The van der Waals surface area contributed by atoms with Crippen molar-refractivity contribution in [1.82, 2.24) is 4.90 Å². The number of ether oxygens (including phenoxy) is 1. The Hall–Kier alpha value is -2.79. The highest BCUT2D eigenvalue weighted by Crippen LogP contribution is 2.19. The molecular formula is C23H26N2O3. The molecule has 28 heavy (non-hydrogen) atoms. The van der Waals surface area contributed by atoms with Gasteiger partial charge < -0.3 is 14.1 Å². The zero-order valence-electron chi connectivity index (χ0n) is 16.3. The number of nitrogens with zero attached hydrogens (tertiary/aromatic N) is 2. The number of hydrogen-bond donors (Lipinski definition) is 0. The van der Waals surface area contributed by atoms with E-state index in [1.807, 2.05) is 6.07 Å². The predicted molar refractivity (Wildman–Crippen MR) is 112 cm³/mol. The Labute approximate surface area is 165 Å². The first-order valence-corrected chi connectivity index (χ1v) is 9.87. The standard InChI is InChI=1S/C23H26N2O3/c1-18-4-2-5-19(16-18)25-12-10-24(11-13-25)9-3-14-27-20-6-7-21-22(26)8-15-28-23(21)17-20/h2,4-8,15-17H,3,9-14H2,1H3. The molecule has 0 N–H and O–H groups in total. The summed E-state index contributed by atoms with van der Waals surface area (Å²) < 4.78 is 11.2. The van der Waals surface area contributed by atoms with E-state index >= 15 is 0 Å². The Morgan fingerprint density at radius 2 is 1.89 bits per heavy atom. The zero-order valence-corrected chi connectivity index (χ0v) is 16.3. The smallest absolute Gasteiger partial charge is 0.192 e. The van der Waals surface area contributed by atoms with Gasteiger partial charge in [0.25, 0.3) is 0 Å². The van der Waals surface area contributed by atoms with Crippen LogP contribution in [0.25, 0.3) is 11.0 Å². The second-order valence-electron chi connectivity index (χ2n) is 7.31. The molecule has 0 atom stereocenters. The third-order valence-electron chi connectivity index (χ3n) is 5.26. The van der Waals surface area contributed by atoms with Gasteiger partial charge in [-0.15, -0.1) is 0 Å². The third-order valence-corrected chi connectivity index (χ3v) is 5.26. The van der Waals surface area contributed by atoms with Gasteiger partial charge in [0.2, 0.25) is 0 Å². The maximum Gasteiger partial charge on any atom is 0.192 e. The Morgan fingerprint density at radius 3 is 2.71 bits per heavy atom. The molecule has 146 valence electrons. The van der Waals surface area contributed by atoms with Crippen molar-refractivity contribution < 1.29 is 9.15 Å². The van der Waals surface area contributed by atoms with Crippen LogP contribution in [0.5, 0.6) is 5.75 Å². The Bertz CT molecular complexity index is 990. The lowest BCUT2D eigenvalue weighted by Gasteiger charge is -2.36. The lowest BCUT2D eigenvalue weighted by Crippen LogP contribution is -2.46. The number of anilines is 1. The maximum atomic E-state index is 11.7. The molecule has 1 aliphatic rings. The van der Waals surface area contributed by atoms with E-state index in [9.17, 15) is 4.79 Å². The number of benzene rings is 2. The van der Waals surface area contributed by atoms with Crippen molar-refractivity contribution in [2.45, 2.75) is 13.3 Å². The molecule has 5 heteroatoms. The summed E-state index contributed by atoms with van der Waals surface area (Å²) in [5.74, 6) is 0.742. The summed E-state index contributed by atoms with van der Waals surface area (Å²) in [5.41, 5.74) is 3.17. The monoisotopic (exact) mass is 378 g/mol. The molecule has 1 fully saturated rings. The lowest BCUT2D eigenvalue weighted by atomic mass is 10.2. The topological polar surface area (TPSA) is 45.9 Å². The molecule has 0 saturated carbocycles. The molecule has 2 heterocycles. The molecule has 1 saturated heterocycles. The third kappa shape index (κ3) is 4.37. The SMILES string of the molecule is Cc1cccc(N2CCN(CCCOc3ccc4c(=O)ccoc4c3)CC2)c1. The summed E-state index contributed by atoms with van der Waals surface area (Å²) in [5, 5.41) is 0.585. The quantitative estimate of drug-likeness (QED) is 0.612. The van der Waals surface area contributed by atoms with E-state index in [0.717, 1.165) is 44.9 Å². The number of rotatable bonds is 6. The highest BCUT2D eigenvalue weighted by molar-refractivity contribution is 5.77. The van der Waals surface area contributed by atoms with Crippen molar-refractivity contribution in [3.63, 3.8) is 0 Å². The fraction of sp³-hybridized carbons (Fsp3) is 0.348. The minimum absolute atomic E-state index is 0.0300. The predicted octanol–water partition coefficient (Wildman–Crippen LogP) is 3.69. The van der Waals surface area contributed by atoms with Gasteiger partial charge in [0.1, 0.15) is 11.3 Å². The molecule has 1 aromatic heterocycles. The van der Waals surface area contributed by atoms with Crippen molar-refractivity contribution in [1.29, 1.82) is 0 Å². The van der Waals surface area contributed by atoms with Crippen molar-refractivity contribution in [3.8, 4) is 5.75 Å². The summed E-state index contributed by atoms with van der Waals surface area (Å²) in [4.78, 5) is 16.7. The van der Waals surface area contributed by atoms with E-state index in [4.69, 9.17) is 9.15 Å². The van der Waals surface area contributed by atoms with E-state index in [2.05, 4.69) is 41.0 Å². The Morgan fingerprint density at radius 1 is 1.04 bits per heavy atom. The normalized spacial score (nSPS) is 15.1. The molecule has 0 radical (unpaired) electrons. The van der Waals surface area contributed by atoms with Crippen LogP contribution in [-0.2, 0) is 0 Å². The molecule has 1 aliphatic heterocycles. The first-order valence-electron chi connectivity index (χ1n) is 9.87. The minimum atomic E-state index is -0.0300. The highest BCUT2D eigenvalue weighted by Gasteiger charge is 2.16. The first-order chi connectivity index (χ1) is 13.7. The Kier molecular flexibility index (Phi) is 5.63. The van der Waals surface area contributed by atoms with Gasteiger partial charge in [-0.25, -0.2) is 0 Å². The molecule has 5 nitrogen and oxygen atoms in total. The van der Waals surface area contributed by atoms with Gasteiger partial charge in [0, 0.05) is 50.5 Å². The number of fused-ring (bicyclic) bond motifs is 1. The molecule has 4 rings (SSSR count). The first kappa shape index (κ1) is 18.6. The molecule has 0 spiro atoms. The molecule has 3 aromatic rings. The van der Waals surface area contributed by atoms with E-state index in [1.54, 1.807) is 12.1 Å². The van der Waals surface area contributed by atoms with Crippen molar-refractivity contribution in [2.75, 3.05) is 44.2 Å². The maximum absolute atomic E-state index is 11.7. The fourth-order valence-corrected chi connectivity index (χ4v) is 3.68. The average Bonchev–Trinajstić information content (AvgIpc) is 2.72. The van der Waals surface area contributed by atoms with Crippen LogP contribution in [-0.4, -0.2) is 44.2 Å². The Balaban J connectivity index is 1.22. The van der Waals surface area contributed by atoms with E-state index in [-0.39, 0.29) is 5.43 Å². The number of piperazine rings is 1. The van der Waals surface area contributed by atoms with Crippen LogP contribution in [0, 0.1) is 6.92 Å². The van der Waals surface area contributed by atoms with Gasteiger partial charge in [0.05, 0.1) is 18.3 Å². The van der Waals surface area contributed by atoms with Gasteiger partial charge in [-0.1, -0.05) is 12.1 Å². The van der Waals surface area contributed by atoms with Gasteiger partial charge >= 0.3 is 0 Å². The average molecular weight is 378 g/mol. The highest BCUT2D eigenvalue weighted by atomic mass is 16.5.